The van der Waals surface area contributed by atoms with Gasteiger partial charge in [-0.1, -0.05) is 109 Å². The highest BCUT2D eigenvalue weighted by molar-refractivity contribution is 7.80. The van der Waals surface area contributed by atoms with E-state index in [0.29, 0.717) is 17.1 Å². The number of alkyl halides is 3. The minimum Gasteiger partial charge on any atom is -0.339 e. The Balaban J connectivity index is 2.61. The van der Waals surface area contributed by atoms with Gasteiger partial charge in [-0.3, -0.25) is 4.79 Å². The first-order chi connectivity index (χ1) is 13.5. The summed E-state index contributed by atoms with van der Waals surface area (Å²) in [4.78, 5) is 12.2. The normalized spacial score (nSPS) is 12.4. The van der Waals surface area contributed by atoms with Crippen LogP contribution in [0.1, 0.15) is 51.9 Å². The van der Waals surface area contributed by atoms with Crippen molar-refractivity contribution in [2.24, 2.45) is 0 Å². The van der Waals surface area contributed by atoms with Crippen molar-refractivity contribution in [3.05, 3.63) is 27.2 Å². The summed E-state index contributed by atoms with van der Waals surface area (Å²) in [6, 6.07) is 3.02. The van der Waals surface area contributed by atoms with E-state index in [4.69, 9.17) is 81.8 Å². The molecule has 164 valence electrons. The van der Waals surface area contributed by atoms with Crippen molar-refractivity contribution in [2.45, 2.75) is 61.8 Å². The number of rotatable bonds is 10. The third kappa shape index (κ3) is 10.8. The molecule has 0 radical (unpaired) electrons. The Hall–Kier alpha value is 0.120. The molecule has 1 amide bonds. The number of nitrogens with one attached hydrogen (secondary N) is 3. The molecule has 1 atom stereocenters. The summed E-state index contributed by atoms with van der Waals surface area (Å²) >= 11 is 41.3. The summed E-state index contributed by atoms with van der Waals surface area (Å²) in [6.45, 7) is 2.16. The van der Waals surface area contributed by atoms with Gasteiger partial charge in [-0.05, 0) is 30.8 Å². The van der Waals surface area contributed by atoms with Gasteiger partial charge in [0.15, 0.2) is 5.11 Å². The molecule has 0 unspecified atom stereocenters. The molecule has 0 aromatic heterocycles. The molecule has 0 saturated carbocycles. The molecular weight excluding hydrogens is 519 g/mol. The van der Waals surface area contributed by atoms with Crippen LogP contribution in [-0.2, 0) is 4.79 Å². The zero-order chi connectivity index (χ0) is 22.0. The van der Waals surface area contributed by atoms with Crippen LogP contribution in [0.2, 0.25) is 15.1 Å². The van der Waals surface area contributed by atoms with E-state index in [2.05, 4.69) is 22.9 Å². The molecule has 0 saturated heterocycles. The van der Waals surface area contributed by atoms with Crippen molar-refractivity contribution < 1.29 is 4.79 Å². The highest BCUT2D eigenvalue weighted by Gasteiger charge is 2.34. The third-order valence-corrected chi connectivity index (χ3v) is 5.60. The monoisotopic (exact) mass is 539 g/mol. The second-order valence-corrected chi connectivity index (χ2v) is 10.4. The van der Waals surface area contributed by atoms with Gasteiger partial charge in [0.1, 0.15) is 6.17 Å². The third-order valence-electron chi connectivity index (χ3n) is 3.91. The van der Waals surface area contributed by atoms with Gasteiger partial charge >= 0.3 is 0 Å². The summed E-state index contributed by atoms with van der Waals surface area (Å²) < 4.78 is -1.84. The lowest BCUT2D eigenvalue weighted by Gasteiger charge is -2.28. The molecule has 3 N–H and O–H groups in total. The van der Waals surface area contributed by atoms with Gasteiger partial charge < -0.3 is 16.0 Å². The Morgan fingerprint density at radius 3 is 2.10 bits per heavy atom. The first-order valence-electron chi connectivity index (χ1n) is 9.12. The Kier molecular flexibility index (Phi) is 12.7. The predicted octanol–water partition coefficient (Wildman–Crippen LogP) is 7.50. The lowest BCUT2D eigenvalue weighted by atomic mass is 10.1. The molecule has 0 spiro atoms. The lowest BCUT2D eigenvalue weighted by Crippen LogP contribution is -2.56. The van der Waals surface area contributed by atoms with E-state index in [1.54, 1.807) is 0 Å². The lowest BCUT2D eigenvalue weighted by molar-refractivity contribution is -0.122. The maximum Gasteiger partial charge on any atom is 0.228 e. The van der Waals surface area contributed by atoms with Crippen molar-refractivity contribution in [1.82, 2.24) is 10.6 Å². The van der Waals surface area contributed by atoms with E-state index in [1.807, 2.05) is 0 Å². The maximum atomic E-state index is 12.2. The Morgan fingerprint density at radius 2 is 1.55 bits per heavy atom. The van der Waals surface area contributed by atoms with Gasteiger partial charge in [-0.15, -0.1) is 0 Å². The van der Waals surface area contributed by atoms with Gasteiger partial charge in [-0.2, -0.15) is 0 Å². The van der Waals surface area contributed by atoms with E-state index in [0.717, 1.165) is 19.3 Å². The van der Waals surface area contributed by atoms with Crippen LogP contribution in [0, 0.1) is 0 Å². The number of hydrogen-bond acceptors (Lipinski definition) is 2. The molecule has 0 fully saturated rings. The van der Waals surface area contributed by atoms with Crippen LogP contribution in [-0.4, -0.2) is 21.0 Å². The Labute approximate surface area is 207 Å². The highest BCUT2D eigenvalue weighted by Crippen LogP contribution is 2.34. The second kappa shape index (κ2) is 13.5. The average molecular weight is 542 g/mol. The number of carbonyl (C=O) groups excluding carboxylic acids is 1. The molecule has 4 nitrogen and oxygen atoms in total. The molecule has 0 bridgehead atoms. The molecule has 1 aromatic carbocycles. The molecule has 0 aliphatic rings. The zero-order valence-electron chi connectivity index (χ0n) is 15.8. The number of amides is 1. The van der Waals surface area contributed by atoms with Gasteiger partial charge in [0.25, 0.3) is 0 Å². The van der Waals surface area contributed by atoms with E-state index in [1.165, 1.54) is 31.4 Å². The average Bonchev–Trinajstić information content (AvgIpc) is 2.59. The summed E-state index contributed by atoms with van der Waals surface area (Å²) in [6.07, 6.45) is 5.68. The van der Waals surface area contributed by atoms with Crippen molar-refractivity contribution in [1.29, 1.82) is 0 Å². The van der Waals surface area contributed by atoms with Gasteiger partial charge in [0, 0.05) is 11.4 Å². The van der Waals surface area contributed by atoms with E-state index >= 15 is 0 Å². The Bertz CT molecular complexity index is 676. The Morgan fingerprint density at radius 1 is 1.00 bits per heavy atom. The SMILES string of the molecule is CCCCCCCCC(=O)N[C@H](NC(=S)Nc1c(Cl)cc(Cl)cc1Cl)C(Cl)(Cl)Cl. The van der Waals surface area contributed by atoms with Gasteiger partial charge in [0.05, 0.1) is 15.7 Å². The minimum absolute atomic E-state index is 0.0623. The zero-order valence-corrected chi connectivity index (χ0v) is 21.1. The molecule has 1 aromatic rings. The van der Waals surface area contributed by atoms with Crippen LogP contribution >= 0.6 is 81.8 Å². The molecule has 29 heavy (non-hydrogen) atoms. The van der Waals surface area contributed by atoms with Crippen LogP contribution in [0.5, 0.6) is 0 Å². The quantitative estimate of drug-likeness (QED) is 0.124. The number of benzene rings is 1. The molecule has 11 heteroatoms. The van der Waals surface area contributed by atoms with Crippen LogP contribution in [0.15, 0.2) is 12.1 Å². The number of hydrogen-bond donors (Lipinski definition) is 3. The van der Waals surface area contributed by atoms with E-state index in [-0.39, 0.29) is 21.1 Å². The number of halogens is 6. The first kappa shape index (κ1) is 27.2. The second-order valence-electron chi connectivity index (χ2n) is 6.40. The van der Waals surface area contributed by atoms with Crippen LogP contribution in [0.3, 0.4) is 0 Å². The predicted molar refractivity (Wildman–Crippen MR) is 131 cm³/mol. The van der Waals surface area contributed by atoms with Crippen LogP contribution in [0.4, 0.5) is 5.69 Å². The fraction of sp³-hybridized carbons (Fsp3) is 0.556. The van der Waals surface area contributed by atoms with Crippen LogP contribution in [0.25, 0.3) is 0 Å². The summed E-state index contributed by atoms with van der Waals surface area (Å²) in [5.74, 6) is -0.241. The van der Waals surface area contributed by atoms with Crippen molar-refractivity contribution in [3.8, 4) is 0 Å². The number of anilines is 1. The van der Waals surface area contributed by atoms with Gasteiger partial charge in [-0.25, -0.2) is 0 Å². The summed E-state index contributed by atoms with van der Waals surface area (Å²) in [7, 11) is 0. The first-order valence-corrected chi connectivity index (χ1v) is 11.8. The van der Waals surface area contributed by atoms with Crippen LogP contribution < -0.4 is 16.0 Å². The largest absolute Gasteiger partial charge is 0.339 e. The maximum absolute atomic E-state index is 12.2. The van der Waals surface area contributed by atoms with Crippen molar-refractivity contribution in [2.75, 3.05) is 5.32 Å². The highest BCUT2D eigenvalue weighted by atomic mass is 35.6. The number of thiocarbonyl (C=S) groups is 1. The van der Waals surface area contributed by atoms with Crippen molar-refractivity contribution >= 4 is 98.5 Å². The number of unbranched alkanes of at least 4 members (excludes halogenated alkanes) is 5. The van der Waals surface area contributed by atoms with E-state index in [9.17, 15) is 4.79 Å². The topological polar surface area (TPSA) is 53.2 Å². The smallest absolute Gasteiger partial charge is 0.228 e. The number of carbonyl (C=O) groups is 1. The fourth-order valence-corrected chi connectivity index (χ4v) is 3.90. The van der Waals surface area contributed by atoms with Crippen molar-refractivity contribution in [3.63, 3.8) is 0 Å². The molecule has 0 heterocycles. The summed E-state index contributed by atoms with van der Waals surface area (Å²) in [5.41, 5.74) is 0.344. The van der Waals surface area contributed by atoms with E-state index < -0.39 is 9.96 Å². The molecular formula is C18H23Cl6N3OS. The minimum atomic E-state index is -1.84. The fourth-order valence-electron chi connectivity index (χ4n) is 2.44. The standard InChI is InChI=1S/C18H23Cl6N3OS/c1-2-3-4-5-6-7-8-14(28)25-16(18(22,23)24)27-17(29)26-15-12(20)9-11(19)10-13(15)21/h9-10,16H,2-8H2,1H3,(H,25,28)(H2,26,27,29)/t16-/m1/s1. The summed E-state index contributed by atoms with van der Waals surface area (Å²) in [5, 5.41) is 9.22. The molecule has 1 rings (SSSR count). The molecule has 0 aliphatic heterocycles. The molecule has 0 aliphatic carbocycles. The van der Waals surface area contributed by atoms with Gasteiger partial charge in [0.2, 0.25) is 9.70 Å².